The highest BCUT2D eigenvalue weighted by Gasteiger charge is 2.21. The van der Waals surface area contributed by atoms with Crippen molar-refractivity contribution in [3.63, 3.8) is 0 Å². The van der Waals surface area contributed by atoms with Crippen LogP contribution in [0.5, 0.6) is 11.5 Å². The molecule has 2 rings (SSSR count). The Bertz CT molecular complexity index is 804. The molecule has 0 aliphatic rings. The summed E-state index contributed by atoms with van der Waals surface area (Å²) in [5.74, 6) is 0.603. The Hall–Kier alpha value is -2.56. The molecule has 0 aliphatic carbocycles. The molecule has 0 spiro atoms. The summed E-state index contributed by atoms with van der Waals surface area (Å²) < 4.78 is 24.8. The van der Waals surface area contributed by atoms with E-state index in [1.807, 2.05) is 25.1 Å². The molecular weight excluding hydrogens is 345 g/mol. The number of aryl methyl sites for hydroxylation is 1. The zero-order valence-corrected chi connectivity index (χ0v) is 16.9. The van der Waals surface area contributed by atoms with Gasteiger partial charge >= 0.3 is 0 Å². The smallest absolute Gasteiger partial charge is 0.263 e. The summed E-state index contributed by atoms with van der Waals surface area (Å²) in [5.41, 5.74) is 2.84. The zero-order valence-electron chi connectivity index (χ0n) is 16.9. The van der Waals surface area contributed by atoms with E-state index in [9.17, 15) is 9.18 Å². The number of nitrogens with zero attached hydrogens (tertiary/aromatic N) is 1. The first-order valence-corrected chi connectivity index (χ1v) is 9.07. The molecule has 0 radical (unpaired) electrons. The average Bonchev–Trinajstić information content (AvgIpc) is 2.60. The van der Waals surface area contributed by atoms with Gasteiger partial charge < -0.3 is 14.4 Å². The summed E-state index contributed by atoms with van der Waals surface area (Å²) in [6.07, 6.45) is -0.641. The molecule has 1 atom stereocenters. The highest BCUT2D eigenvalue weighted by Crippen LogP contribution is 2.28. The predicted molar refractivity (Wildman–Crippen MR) is 105 cm³/mol. The molecule has 2 aromatic rings. The van der Waals surface area contributed by atoms with E-state index in [1.165, 1.54) is 18.1 Å². The minimum atomic E-state index is -0.641. The summed E-state index contributed by atoms with van der Waals surface area (Å²) in [6, 6.07) is 10.7. The average molecular weight is 373 g/mol. The van der Waals surface area contributed by atoms with Crippen molar-refractivity contribution < 1.29 is 18.7 Å². The number of halogens is 1. The fourth-order valence-corrected chi connectivity index (χ4v) is 2.93. The van der Waals surface area contributed by atoms with Gasteiger partial charge in [-0.05, 0) is 54.7 Å². The fourth-order valence-electron chi connectivity index (χ4n) is 2.93. The molecule has 1 unspecified atom stereocenters. The zero-order chi connectivity index (χ0) is 20.1. The number of hydrogen-bond acceptors (Lipinski definition) is 3. The molecular formula is C22H28FNO3. The molecule has 0 saturated carbocycles. The lowest BCUT2D eigenvalue weighted by molar-refractivity contribution is -0.137. The van der Waals surface area contributed by atoms with E-state index in [-0.39, 0.29) is 18.2 Å². The summed E-state index contributed by atoms with van der Waals surface area (Å²) >= 11 is 0. The number of carbonyl (C=O) groups is 1. The predicted octanol–water partition coefficient (Wildman–Crippen LogP) is 4.69. The summed E-state index contributed by atoms with van der Waals surface area (Å²) in [7, 11) is 3.10. The highest BCUT2D eigenvalue weighted by molar-refractivity contribution is 5.80. The number of carbonyl (C=O) groups excluding carboxylic acids is 1. The van der Waals surface area contributed by atoms with E-state index in [0.29, 0.717) is 11.5 Å². The Balaban J connectivity index is 2.08. The lowest BCUT2D eigenvalue weighted by Crippen LogP contribution is -2.37. The Morgan fingerprint density at radius 1 is 1.11 bits per heavy atom. The molecule has 0 N–H and O–H groups in total. The van der Waals surface area contributed by atoms with Gasteiger partial charge in [-0.1, -0.05) is 32.0 Å². The lowest BCUT2D eigenvalue weighted by Gasteiger charge is -2.24. The summed E-state index contributed by atoms with van der Waals surface area (Å²) in [5, 5.41) is 0. The SMILES string of the molecule is COc1ccc(CN(C)C(=O)C(C)Oc2cc(C)ccc2C(C)C)cc1F. The van der Waals surface area contributed by atoms with E-state index in [1.54, 1.807) is 26.1 Å². The van der Waals surface area contributed by atoms with Crippen LogP contribution in [0.2, 0.25) is 0 Å². The van der Waals surface area contributed by atoms with Crippen LogP contribution in [0.25, 0.3) is 0 Å². The van der Waals surface area contributed by atoms with Gasteiger partial charge in [0, 0.05) is 13.6 Å². The first kappa shape index (κ1) is 20.7. The molecule has 5 heteroatoms. The Kier molecular flexibility index (Phi) is 6.83. The number of methoxy groups -OCH3 is 1. The second-order valence-corrected chi connectivity index (χ2v) is 7.12. The normalized spacial score (nSPS) is 12.0. The van der Waals surface area contributed by atoms with Crippen LogP contribution in [0.3, 0.4) is 0 Å². The second kappa shape index (κ2) is 8.89. The lowest BCUT2D eigenvalue weighted by atomic mass is 10.0. The Morgan fingerprint density at radius 3 is 2.41 bits per heavy atom. The molecule has 146 valence electrons. The van der Waals surface area contributed by atoms with Crippen LogP contribution in [0, 0.1) is 12.7 Å². The van der Waals surface area contributed by atoms with Gasteiger partial charge in [-0.3, -0.25) is 4.79 Å². The van der Waals surface area contributed by atoms with Gasteiger partial charge in [-0.15, -0.1) is 0 Å². The van der Waals surface area contributed by atoms with Gasteiger partial charge in [0.25, 0.3) is 5.91 Å². The minimum absolute atomic E-state index is 0.164. The van der Waals surface area contributed by atoms with Gasteiger partial charge in [-0.2, -0.15) is 0 Å². The van der Waals surface area contributed by atoms with E-state index in [2.05, 4.69) is 13.8 Å². The minimum Gasteiger partial charge on any atom is -0.494 e. The Morgan fingerprint density at radius 2 is 1.81 bits per heavy atom. The maximum atomic E-state index is 13.9. The molecule has 2 aromatic carbocycles. The number of ether oxygens (including phenoxy) is 2. The molecule has 4 nitrogen and oxygen atoms in total. The van der Waals surface area contributed by atoms with Crippen molar-refractivity contribution in [2.24, 2.45) is 0 Å². The van der Waals surface area contributed by atoms with Gasteiger partial charge in [0.15, 0.2) is 17.7 Å². The van der Waals surface area contributed by atoms with E-state index in [4.69, 9.17) is 9.47 Å². The molecule has 0 bridgehead atoms. The molecule has 1 amide bonds. The van der Waals surface area contributed by atoms with Gasteiger partial charge in [0.2, 0.25) is 0 Å². The molecule has 0 aromatic heterocycles. The van der Waals surface area contributed by atoms with Crippen molar-refractivity contribution in [2.45, 2.75) is 46.3 Å². The van der Waals surface area contributed by atoms with Crippen LogP contribution in [0.1, 0.15) is 43.4 Å². The van der Waals surface area contributed by atoms with Gasteiger partial charge in [0.05, 0.1) is 7.11 Å². The quantitative estimate of drug-likeness (QED) is 0.707. The number of rotatable bonds is 7. The van der Waals surface area contributed by atoms with Crippen LogP contribution < -0.4 is 9.47 Å². The Labute approximate surface area is 160 Å². The second-order valence-electron chi connectivity index (χ2n) is 7.12. The van der Waals surface area contributed by atoms with Crippen molar-refractivity contribution in [2.75, 3.05) is 14.2 Å². The first-order valence-electron chi connectivity index (χ1n) is 9.07. The van der Waals surface area contributed by atoms with Crippen LogP contribution >= 0.6 is 0 Å². The van der Waals surface area contributed by atoms with Crippen molar-refractivity contribution in [1.82, 2.24) is 4.90 Å². The number of hydrogen-bond donors (Lipinski definition) is 0. The highest BCUT2D eigenvalue weighted by atomic mass is 19.1. The van der Waals surface area contributed by atoms with Crippen molar-refractivity contribution in [3.8, 4) is 11.5 Å². The first-order chi connectivity index (χ1) is 12.7. The maximum Gasteiger partial charge on any atom is 0.263 e. The fraction of sp³-hybridized carbons (Fsp3) is 0.409. The largest absolute Gasteiger partial charge is 0.494 e. The topological polar surface area (TPSA) is 38.8 Å². The third kappa shape index (κ3) is 5.22. The molecule has 0 heterocycles. The maximum absolute atomic E-state index is 13.9. The number of likely N-dealkylation sites (N-methyl/N-ethyl adjacent to an activating group) is 1. The van der Waals surface area contributed by atoms with Crippen LogP contribution in [0.4, 0.5) is 4.39 Å². The number of benzene rings is 2. The monoisotopic (exact) mass is 373 g/mol. The van der Waals surface area contributed by atoms with E-state index < -0.39 is 11.9 Å². The van der Waals surface area contributed by atoms with Crippen LogP contribution in [0.15, 0.2) is 36.4 Å². The van der Waals surface area contributed by atoms with Crippen molar-refractivity contribution in [1.29, 1.82) is 0 Å². The molecule has 0 saturated heterocycles. The summed E-state index contributed by atoms with van der Waals surface area (Å²) in [4.78, 5) is 14.2. The summed E-state index contributed by atoms with van der Waals surface area (Å²) in [6.45, 7) is 8.20. The standard InChI is InChI=1S/C22H28FNO3/c1-14(2)18-9-7-15(3)11-21(18)27-16(4)22(25)24(5)13-17-8-10-20(26-6)19(23)12-17/h7-12,14,16H,13H2,1-6H3. The molecule has 0 aliphatic heterocycles. The number of amides is 1. The third-order valence-electron chi connectivity index (χ3n) is 4.45. The van der Waals surface area contributed by atoms with Crippen LogP contribution in [-0.2, 0) is 11.3 Å². The van der Waals surface area contributed by atoms with Crippen molar-refractivity contribution >= 4 is 5.91 Å². The molecule has 0 fully saturated rings. The van der Waals surface area contributed by atoms with Crippen LogP contribution in [-0.4, -0.2) is 31.1 Å². The van der Waals surface area contributed by atoms with Crippen molar-refractivity contribution in [3.05, 3.63) is 58.9 Å². The van der Waals surface area contributed by atoms with Gasteiger partial charge in [0.1, 0.15) is 5.75 Å². The van der Waals surface area contributed by atoms with Gasteiger partial charge in [-0.25, -0.2) is 4.39 Å². The van der Waals surface area contributed by atoms with E-state index >= 15 is 0 Å². The third-order valence-corrected chi connectivity index (χ3v) is 4.45. The van der Waals surface area contributed by atoms with E-state index in [0.717, 1.165) is 16.9 Å². The molecule has 27 heavy (non-hydrogen) atoms.